The minimum Gasteiger partial charge on any atom is -0.339 e. The summed E-state index contributed by atoms with van der Waals surface area (Å²) in [6.45, 7) is 7.76. The van der Waals surface area contributed by atoms with Gasteiger partial charge in [-0.3, -0.25) is 4.79 Å². The van der Waals surface area contributed by atoms with E-state index in [-0.39, 0.29) is 5.41 Å². The first-order valence-corrected chi connectivity index (χ1v) is 8.66. The second kappa shape index (κ2) is 8.66. The van der Waals surface area contributed by atoms with Gasteiger partial charge in [-0.2, -0.15) is 0 Å². The van der Waals surface area contributed by atoms with Crippen LogP contribution in [0.2, 0.25) is 0 Å². The van der Waals surface area contributed by atoms with Crippen LogP contribution in [0.3, 0.4) is 0 Å². The van der Waals surface area contributed by atoms with Gasteiger partial charge >= 0.3 is 0 Å². The molecule has 0 saturated heterocycles. The first kappa shape index (κ1) is 17.5. The number of carbonyl (C=O) groups excluding carboxylic acids is 1. The number of nitrogens with two attached hydrogens (primary N) is 1. The van der Waals surface area contributed by atoms with Crippen molar-refractivity contribution in [2.45, 2.75) is 84.6 Å². The summed E-state index contributed by atoms with van der Waals surface area (Å²) >= 11 is 0. The first-order valence-electron chi connectivity index (χ1n) is 8.66. The summed E-state index contributed by atoms with van der Waals surface area (Å²) in [5.41, 5.74) is 5.75. The molecule has 1 aliphatic carbocycles. The molecule has 3 heteroatoms. The van der Waals surface area contributed by atoms with Gasteiger partial charge in [0.25, 0.3) is 0 Å². The number of rotatable bonds is 8. The SMILES string of the molecule is CCCC(CN)(CCC)C(=O)N(CC)C1CCCCC1. The third-order valence-corrected chi connectivity index (χ3v) is 4.92. The van der Waals surface area contributed by atoms with Crippen molar-refractivity contribution in [1.29, 1.82) is 0 Å². The molecule has 0 aromatic heterocycles. The zero-order valence-electron chi connectivity index (χ0n) is 13.8. The van der Waals surface area contributed by atoms with Crippen molar-refractivity contribution in [2.75, 3.05) is 13.1 Å². The van der Waals surface area contributed by atoms with Gasteiger partial charge in [0.15, 0.2) is 0 Å². The van der Waals surface area contributed by atoms with Gasteiger partial charge in [-0.05, 0) is 32.6 Å². The van der Waals surface area contributed by atoms with E-state index in [1.165, 1.54) is 32.1 Å². The van der Waals surface area contributed by atoms with E-state index in [1.54, 1.807) is 0 Å². The second-order valence-corrected chi connectivity index (χ2v) is 6.37. The Labute approximate surface area is 125 Å². The molecule has 2 N–H and O–H groups in total. The van der Waals surface area contributed by atoms with Crippen molar-refractivity contribution in [3.63, 3.8) is 0 Å². The Morgan fingerprint density at radius 3 is 2.05 bits per heavy atom. The van der Waals surface area contributed by atoms with E-state index in [0.717, 1.165) is 32.2 Å². The molecular weight excluding hydrogens is 248 g/mol. The lowest BCUT2D eigenvalue weighted by atomic mass is 9.77. The molecule has 20 heavy (non-hydrogen) atoms. The van der Waals surface area contributed by atoms with Crippen LogP contribution in [0.1, 0.15) is 78.6 Å². The lowest BCUT2D eigenvalue weighted by molar-refractivity contribution is -0.145. The van der Waals surface area contributed by atoms with Gasteiger partial charge in [0.2, 0.25) is 5.91 Å². The topological polar surface area (TPSA) is 46.3 Å². The van der Waals surface area contributed by atoms with E-state index < -0.39 is 0 Å². The van der Waals surface area contributed by atoms with E-state index in [0.29, 0.717) is 18.5 Å². The Morgan fingerprint density at radius 2 is 1.65 bits per heavy atom. The van der Waals surface area contributed by atoms with E-state index in [1.807, 2.05) is 0 Å². The van der Waals surface area contributed by atoms with Gasteiger partial charge in [-0.15, -0.1) is 0 Å². The molecule has 0 aromatic carbocycles. The number of hydrogen-bond donors (Lipinski definition) is 1. The summed E-state index contributed by atoms with van der Waals surface area (Å²) < 4.78 is 0. The average molecular weight is 282 g/mol. The maximum absolute atomic E-state index is 13.2. The standard InChI is InChI=1S/C17H34N2O/c1-4-12-17(14-18,13-5-2)16(20)19(6-3)15-10-8-7-9-11-15/h15H,4-14,18H2,1-3H3. The Morgan fingerprint density at radius 1 is 1.10 bits per heavy atom. The number of nitrogens with zero attached hydrogens (tertiary/aromatic N) is 1. The summed E-state index contributed by atoms with van der Waals surface area (Å²) in [6, 6.07) is 0.459. The molecule has 118 valence electrons. The molecule has 0 radical (unpaired) electrons. The van der Waals surface area contributed by atoms with Gasteiger partial charge in [-0.1, -0.05) is 46.0 Å². The zero-order chi connectivity index (χ0) is 15.0. The van der Waals surface area contributed by atoms with Gasteiger partial charge in [0, 0.05) is 19.1 Å². The minimum atomic E-state index is -0.309. The number of carbonyl (C=O) groups is 1. The third kappa shape index (κ3) is 3.97. The lowest BCUT2D eigenvalue weighted by Gasteiger charge is -2.41. The summed E-state index contributed by atoms with van der Waals surface area (Å²) in [4.78, 5) is 15.3. The van der Waals surface area contributed by atoms with Crippen LogP contribution in [0.5, 0.6) is 0 Å². The first-order chi connectivity index (χ1) is 9.65. The zero-order valence-corrected chi connectivity index (χ0v) is 13.8. The minimum absolute atomic E-state index is 0.309. The normalized spacial score (nSPS) is 17.2. The average Bonchev–Trinajstić information content (AvgIpc) is 2.48. The summed E-state index contributed by atoms with van der Waals surface area (Å²) in [6.07, 6.45) is 10.2. The monoisotopic (exact) mass is 282 g/mol. The molecular formula is C17H34N2O. The predicted molar refractivity (Wildman–Crippen MR) is 85.6 cm³/mol. The molecule has 1 amide bonds. The Hall–Kier alpha value is -0.570. The molecule has 0 atom stereocenters. The molecule has 1 fully saturated rings. The highest BCUT2D eigenvalue weighted by Gasteiger charge is 2.40. The maximum Gasteiger partial charge on any atom is 0.230 e. The highest BCUT2D eigenvalue weighted by Crippen LogP contribution is 2.34. The molecule has 1 saturated carbocycles. The highest BCUT2D eigenvalue weighted by atomic mass is 16.2. The van der Waals surface area contributed by atoms with Crippen molar-refractivity contribution in [2.24, 2.45) is 11.1 Å². The fourth-order valence-corrected chi connectivity index (χ4v) is 3.85. The van der Waals surface area contributed by atoms with Crippen LogP contribution in [0, 0.1) is 5.41 Å². The van der Waals surface area contributed by atoms with Crippen molar-refractivity contribution in [3.8, 4) is 0 Å². The van der Waals surface area contributed by atoms with Crippen LogP contribution < -0.4 is 5.73 Å². The molecule has 3 nitrogen and oxygen atoms in total. The van der Waals surface area contributed by atoms with Crippen LogP contribution in [0.25, 0.3) is 0 Å². The molecule has 0 heterocycles. The predicted octanol–water partition coefficient (Wildman–Crippen LogP) is 3.71. The molecule has 1 rings (SSSR count). The number of hydrogen-bond acceptors (Lipinski definition) is 2. The van der Waals surface area contributed by atoms with Crippen LogP contribution in [-0.2, 0) is 4.79 Å². The van der Waals surface area contributed by atoms with Crippen LogP contribution in [0.15, 0.2) is 0 Å². The van der Waals surface area contributed by atoms with Crippen molar-refractivity contribution >= 4 is 5.91 Å². The van der Waals surface area contributed by atoms with Gasteiger partial charge in [0.1, 0.15) is 0 Å². The quantitative estimate of drug-likeness (QED) is 0.737. The molecule has 0 aliphatic heterocycles. The van der Waals surface area contributed by atoms with Gasteiger partial charge < -0.3 is 10.6 Å². The Kier molecular flexibility index (Phi) is 7.57. The van der Waals surface area contributed by atoms with Gasteiger partial charge in [0.05, 0.1) is 5.41 Å². The van der Waals surface area contributed by atoms with E-state index in [9.17, 15) is 4.79 Å². The maximum atomic E-state index is 13.2. The molecule has 0 bridgehead atoms. The molecule has 0 unspecified atom stereocenters. The summed E-state index contributed by atoms with van der Waals surface area (Å²) in [7, 11) is 0. The van der Waals surface area contributed by atoms with Gasteiger partial charge in [-0.25, -0.2) is 0 Å². The lowest BCUT2D eigenvalue weighted by Crippen LogP contribution is -2.52. The van der Waals surface area contributed by atoms with E-state index in [4.69, 9.17) is 5.73 Å². The van der Waals surface area contributed by atoms with Crippen molar-refractivity contribution < 1.29 is 4.79 Å². The van der Waals surface area contributed by atoms with E-state index >= 15 is 0 Å². The van der Waals surface area contributed by atoms with Crippen molar-refractivity contribution in [3.05, 3.63) is 0 Å². The molecule has 0 spiro atoms. The van der Waals surface area contributed by atoms with Crippen LogP contribution in [-0.4, -0.2) is 29.9 Å². The fourth-order valence-electron chi connectivity index (χ4n) is 3.85. The molecule has 0 aromatic rings. The third-order valence-electron chi connectivity index (χ3n) is 4.92. The Bertz CT molecular complexity index is 279. The largest absolute Gasteiger partial charge is 0.339 e. The van der Waals surface area contributed by atoms with Crippen LogP contribution in [0.4, 0.5) is 0 Å². The van der Waals surface area contributed by atoms with E-state index in [2.05, 4.69) is 25.7 Å². The van der Waals surface area contributed by atoms with Crippen LogP contribution >= 0.6 is 0 Å². The number of amides is 1. The summed E-state index contributed by atoms with van der Waals surface area (Å²) in [5, 5.41) is 0. The second-order valence-electron chi connectivity index (χ2n) is 6.37. The van der Waals surface area contributed by atoms with Crippen molar-refractivity contribution in [1.82, 2.24) is 4.90 Å². The highest BCUT2D eigenvalue weighted by molar-refractivity contribution is 5.83. The fraction of sp³-hybridized carbons (Fsp3) is 0.941. The molecule has 1 aliphatic rings. The summed E-state index contributed by atoms with van der Waals surface area (Å²) in [5.74, 6) is 0.332. The smallest absolute Gasteiger partial charge is 0.230 e. The Balaban J connectivity index is 2.88.